The lowest BCUT2D eigenvalue weighted by Gasteiger charge is -2.20. The van der Waals surface area contributed by atoms with E-state index in [2.05, 4.69) is 0 Å². The Hall–Kier alpha value is -0.770. The molecule has 0 aromatic carbocycles. The number of carbonyl (C=O) groups is 1. The van der Waals surface area contributed by atoms with Crippen LogP contribution < -0.4 is 0 Å². The van der Waals surface area contributed by atoms with Crippen molar-refractivity contribution in [3.63, 3.8) is 0 Å². The van der Waals surface area contributed by atoms with E-state index in [1.165, 1.54) is 0 Å². The Morgan fingerprint density at radius 3 is 2.23 bits per heavy atom. The van der Waals surface area contributed by atoms with Gasteiger partial charge >= 0.3 is 6.09 Å². The SMILES string of the molecule is CCCN(CCC)C(=O)OCCO. The molecule has 0 aliphatic heterocycles. The van der Waals surface area contributed by atoms with Gasteiger partial charge in [0.15, 0.2) is 0 Å². The lowest BCUT2D eigenvalue weighted by molar-refractivity contribution is 0.0841. The van der Waals surface area contributed by atoms with Crippen LogP contribution in [0.1, 0.15) is 26.7 Å². The van der Waals surface area contributed by atoms with Gasteiger partial charge in [0, 0.05) is 13.1 Å². The van der Waals surface area contributed by atoms with Crippen molar-refractivity contribution >= 4 is 6.09 Å². The molecular weight excluding hydrogens is 170 g/mol. The van der Waals surface area contributed by atoms with Crippen LogP contribution in [-0.4, -0.2) is 42.4 Å². The second-order valence-electron chi connectivity index (χ2n) is 2.83. The first-order valence-corrected chi connectivity index (χ1v) is 4.78. The van der Waals surface area contributed by atoms with E-state index >= 15 is 0 Å². The van der Waals surface area contributed by atoms with E-state index in [1.54, 1.807) is 4.90 Å². The molecule has 1 N–H and O–H groups in total. The van der Waals surface area contributed by atoms with Crippen LogP contribution in [0, 0.1) is 0 Å². The number of nitrogens with zero attached hydrogens (tertiary/aromatic N) is 1. The van der Waals surface area contributed by atoms with E-state index in [1.807, 2.05) is 13.8 Å². The third kappa shape index (κ3) is 5.47. The van der Waals surface area contributed by atoms with E-state index in [-0.39, 0.29) is 19.3 Å². The third-order valence-electron chi connectivity index (χ3n) is 1.56. The van der Waals surface area contributed by atoms with E-state index in [0.717, 1.165) is 25.9 Å². The summed E-state index contributed by atoms with van der Waals surface area (Å²) in [5.74, 6) is 0. The molecule has 0 unspecified atom stereocenters. The van der Waals surface area contributed by atoms with Gasteiger partial charge in [-0.25, -0.2) is 4.79 Å². The maximum atomic E-state index is 11.3. The minimum Gasteiger partial charge on any atom is -0.447 e. The van der Waals surface area contributed by atoms with Crippen molar-refractivity contribution in [3.05, 3.63) is 0 Å². The summed E-state index contributed by atoms with van der Waals surface area (Å²) in [7, 11) is 0. The summed E-state index contributed by atoms with van der Waals surface area (Å²) < 4.78 is 4.80. The maximum Gasteiger partial charge on any atom is 0.409 e. The van der Waals surface area contributed by atoms with Gasteiger partial charge in [0.1, 0.15) is 6.61 Å². The van der Waals surface area contributed by atoms with Crippen molar-refractivity contribution in [2.45, 2.75) is 26.7 Å². The van der Waals surface area contributed by atoms with Crippen LogP contribution in [0.5, 0.6) is 0 Å². The summed E-state index contributed by atoms with van der Waals surface area (Å²) in [6.45, 7) is 5.45. The number of ether oxygens (including phenoxy) is 1. The van der Waals surface area contributed by atoms with Crippen LogP contribution in [0.25, 0.3) is 0 Å². The zero-order chi connectivity index (χ0) is 10.1. The highest BCUT2D eigenvalue weighted by Crippen LogP contribution is 1.97. The average Bonchev–Trinajstić information content (AvgIpc) is 2.14. The minimum atomic E-state index is -0.322. The molecule has 0 aromatic rings. The standard InChI is InChI=1S/C9H19NO3/c1-3-5-10(6-4-2)9(12)13-8-7-11/h11H,3-8H2,1-2H3. The fourth-order valence-electron chi connectivity index (χ4n) is 1.06. The number of carbonyl (C=O) groups excluding carboxylic acids is 1. The first-order valence-electron chi connectivity index (χ1n) is 4.78. The van der Waals surface area contributed by atoms with Crippen LogP contribution in [0.15, 0.2) is 0 Å². The Kier molecular flexibility index (Phi) is 7.39. The zero-order valence-electron chi connectivity index (χ0n) is 8.45. The molecule has 0 aliphatic rings. The average molecular weight is 189 g/mol. The summed E-state index contributed by atoms with van der Waals surface area (Å²) in [5.41, 5.74) is 0. The van der Waals surface area contributed by atoms with E-state index in [4.69, 9.17) is 9.84 Å². The van der Waals surface area contributed by atoms with Gasteiger partial charge in [-0.1, -0.05) is 13.8 Å². The van der Waals surface area contributed by atoms with Gasteiger partial charge in [-0.15, -0.1) is 0 Å². The quantitative estimate of drug-likeness (QED) is 0.684. The molecule has 13 heavy (non-hydrogen) atoms. The number of hydrogen-bond donors (Lipinski definition) is 1. The molecule has 0 heterocycles. The van der Waals surface area contributed by atoms with Crippen molar-refractivity contribution in [1.29, 1.82) is 0 Å². The molecule has 0 bridgehead atoms. The number of aliphatic hydroxyl groups is 1. The van der Waals surface area contributed by atoms with Crippen LogP contribution in [0.3, 0.4) is 0 Å². The molecule has 78 valence electrons. The fraction of sp³-hybridized carbons (Fsp3) is 0.889. The zero-order valence-corrected chi connectivity index (χ0v) is 8.45. The van der Waals surface area contributed by atoms with Crippen LogP contribution in [-0.2, 0) is 4.74 Å². The summed E-state index contributed by atoms with van der Waals surface area (Å²) in [5, 5.41) is 8.46. The molecule has 0 rings (SSSR count). The fourth-order valence-corrected chi connectivity index (χ4v) is 1.06. The van der Waals surface area contributed by atoms with Gasteiger partial charge in [-0.3, -0.25) is 0 Å². The first-order chi connectivity index (χ1) is 6.26. The van der Waals surface area contributed by atoms with Crippen molar-refractivity contribution < 1.29 is 14.6 Å². The lowest BCUT2D eigenvalue weighted by atomic mass is 10.4. The topological polar surface area (TPSA) is 49.8 Å². The predicted octanol–water partition coefficient (Wildman–Crippen LogP) is 1.24. The number of rotatable bonds is 6. The Morgan fingerprint density at radius 1 is 1.31 bits per heavy atom. The second kappa shape index (κ2) is 7.86. The van der Waals surface area contributed by atoms with Crippen LogP contribution in [0.2, 0.25) is 0 Å². The monoisotopic (exact) mass is 189 g/mol. The molecule has 0 aromatic heterocycles. The van der Waals surface area contributed by atoms with Gasteiger partial charge in [-0.2, -0.15) is 0 Å². The van der Waals surface area contributed by atoms with Gasteiger partial charge in [-0.05, 0) is 12.8 Å². The van der Waals surface area contributed by atoms with Crippen molar-refractivity contribution in [1.82, 2.24) is 4.90 Å². The Bertz CT molecular complexity index is 133. The van der Waals surface area contributed by atoms with E-state index < -0.39 is 0 Å². The molecule has 0 saturated carbocycles. The molecule has 4 nitrogen and oxygen atoms in total. The Labute approximate surface area is 79.5 Å². The normalized spacial score (nSPS) is 9.77. The predicted molar refractivity (Wildman–Crippen MR) is 50.6 cm³/mol. The molecule has 0 fully saturated rings. The molecule has 4 heteroatoms. The maximum absolute atomic E-state index is 11.3. The number of hydrogen-bond acceptors (Lipinski definition) is 3. The van der Waals surface area contributed by atoms with Crippen molar-refractivity contribution in [2.75, 3.05) is 26.3 Å². The number of aliphatic hydroxyl groups excluding tert-OH is 1. The highest BCUT2D eigenvalue weighted by molar-refractivity contribution is 5.67. The number of amides is 1. The van der Waals surface area contributed by atoms with Crippen molar-refractivity contribution in [3.8, 4) is 0 Å². The van der Waals surface area contributed by atoms with Crippen molar-refractivity contribution in [2.24, 2.45) is 0 Å². The van der Waals surface area contributed by atoms with Gasteiger partial charge in [0.05, 0.1) is 6.61 Å². The smallest absolute Gasteiger partial charge is 0.409 e. The minimum absolute atomic E-state index is 0.0861. The second-order valence-corrected chi connectivity index (χ2v) is 2.83. The molecule has 0 saturated heterocycles. The third-order valence-corrected chi connectivity index (χ3v) is 1.56. The lowest BCUT2D eigenvalue weighted by Crippen LogP contribution is -2.33. The summed E-state index contributed by atoms with van der Waals surface area (Å²) in [6, 6.07) is 0. The molecule has 0 aliphatic carbocycles. The summed E-state index contributed by atoms with van der Waals surface area (Å²) in [6.07, 6.45) is 1.53. The summed E-state index contributed by atoms with van der Waals surface area (Å²) >= 11 is 0. The highest BCUT2D eigenvalue weighted by Gasteiger charge is 2.11. The first kappa shape index (κ1) is 12.2. The molecule has 0 spiro atoms. The molecule has 0 atom stereocenters. The van der Waals surface area contributed by atoms with Gasteiger partial charge in [0.2, 0.25) is 0 Å². The van der Waals surface area contributed by atoms with Gasteiger partial charge < -0.3 is 14.7 Å². The largest absolute Gasteiger partial charge is 0.447 e. The Morgan fingerprint density at radius 2 is 1.85 bits per heavy atom. The van der Waals surface area contributed by atoms with E-state index in [0.29, 0.717) is 0 Å². The van der Waals surface area contributed by atoms with Gasteiger partial charge in [0.25, 0.3) is 0 Å². The molecule has 0 radical (unpaired) electrons. The molecular formula is C9H19NO3. The van der Waals surface area contributed by atoms with Crippen LogP contribution in [0.4, 0.5) is 4.79 Å². The van der Waals surface area contributed by atoms with Crippen LogP contribution >= 0.6 is 0 Å². The van der Waals surface area contributed by atoms with E-state index in [9.17, 15) is 4.79 Å². The summed E-state index contributed by atoms with van der Waals surface area (Å²) in [4.78, 5) is 12.9. The highest BCUT2D eigenvalue weighted by atomic mass is 16.6. The Balaban J connectivity index is 3.80. The molecule has 1 amide bonds.